The molecule has 0 bridgehead atoms. The molecule has 3 aromatic rings. The summed E-state index contributed by atoms with van der Waals surface area (Å²) in [7, 11) is 0. The van der Waals surface area contributed by atoms with Crippen LogP contribution in [0.2, 0.25) is 5.02 Å². The normalized spacial score (nSPS) is 10.6. The van der Waals surface area contributed by atoms with Gasteiger partial charge in [0, 0.05) is 21.6 Å². The fraction of sp³-hybridized carbons (Fsp3) is 0.0588. The molecule has 0 aliphatic heterocycles. The number of anilines is 1. The Balaban J connectivity index is 2.04. The predicted octanol–water partition coefficient (Wildman–Crippen LogP) is 3.74. The van der Waals surface area contributed by atoms with E-state index in [-0.39, 0.29) is 5.56 Å². The number of aryl methyl sites for hydroxylation is 1. The highest BCUT2D eigenvalue weighted by atomic mass is 35.5. The quantitative estimate of drug-likeness (QED) is 0.757. The van der Waals surface area contributed by atoms with E-state index in [1.807, 2.05) is 24.3 Å². The number of hydrogen-bond donors (Lipinski definition) is 2. The van der Waals surface area contributed by atoms with E-state index < -0.39 is 11.5 Å². The van der Waals surface area contributed by atoms with Crippen LogP contribution in [0, 0.1) is 6.92 Å². The molecule has 5 heteroatoms. The van der Waals surface area contributed by atoms with Crippen molar-refractivity contribution >= 4 is 34.1 Å². The maximum atomic E-state index is 12.4. The molecule has 0 unspecified atom stereocenters. The van der Waals surface area contributed by atoms with E-state index in [0.29, 0.717) is 21.8 Å². The summed E-state index contributed by atoms with van der Waals surface area (Å²) in [5, 5.41) is 4.15. The number of amides is 1. The maximum absolute atomic E-state index is 12.4. The van der Waals surface area contributed by atoms with E-state index in [9.17, 15) is 9.59 Å². The van der Waals surface area contributed by atoms with Crippen molar-refractivity contribution < 1.29 is 4.79 Å². The van der Waals surface area contributed by atoms with Crippen LogP contribution >= 0.6 is 11.6 Å². The minimum atomic E-state index is -0.438. The van der Waals surface area contributed by atoms with E-state index in [2.05, 4.69) is 10.3 Å². The van der Waals surface area contributed by atoms with Gasteiger partial charge in [-0.25, -0.2) is 0 Å². The van der Waals surface area contributed by atoms with Gasteiger partial charge >= 0.3 is 0 Å². The van der Waals surface area contributed by atoms with Crippen molar-refractivity contribution in [2.75, 3.05) is 5.32 Å². The minimum Gasteiger partial charge on any atom is -0.322 e. The summed E-state index contributed by atoms with van der Waals surface area (Å²) in [5.74, 6) is -0.438. The van der Waals surface area contributed by atoms with Gasteiger partial charge in [-0.2, -0.15) is 0 Å². The van der Waals surface area contributed by atoms with Crippen molar-refractivity contribution in [1.82, 2.24) is 4.98 Å². The number of hydrogen-bond acceptors (Lipinski definition) is 2. The third kappa shape index (κ3) is 2.61. The largest absolute Gasteiger partial charge is 0.322 e. The van der Waals surface area contributed by atoms with Gasteiger partial charge in [0.1, 0.15) is 5.56 Å². The number of aromatic amines is 1. The highest BCUT2D eigenvalue weighted by molar-refractivity contribution is 6.30. The van der Waals surface area contributed by atoms with Crippen LogP contribution in [0.1, 0.15) is 15.9 Å². The van der Waals surface area contributed by atoms with Gasteiger partial charge in [0.25, 0.3) is 11.5 Å². The summed E-state index contributed by atoms with van der Waals surface area (Å²) < 4.78 is 0. The van der Waals surface area contributed by atoms with Gasteiger partial charge in [-0.3, -0.25) is 9.59 Å². The lowest BCUT2D eigenvalue weighted by Crippen LogP contribution is -2.25. The molecule has 0 aliphatic rings. The summed E-state index contributed by atoms with van der Waals surface area (Å²) in [6.45, 7) is 1.77. The van der Waals surface area contributed by atoms with Crippen molar-refractivity contribution in [2.24, 2.45) is 0 Å². The molecule has 22 heavy (non-hydrogen) atoms. The number of aromatic nitrogens is 1. The molecule has 110 valence electrons. The molecule has 0 fully saturated rings. The number of H-pyrrole nitrogens is 1. The summed E-state index contributed by atoms with van der Waals surface area (Å²) in [6.07, 6.45) is 0. The molecular formula is C17H13ClN2O2. The van der Waals surface area contributed by atoms with E-state index in [1.165, 1.54) is 0 Å². The van der Waals surface area contributed by atoms with Crippen LogP contribution in [0.5, 0.6) is 0 Å². The zero-order valence-corrected chi connectivity index (χ0v) is 12.6. The standard InChI is InChI=1S/C17H13ClN2O2/c1-10-13-4-2-3-5-14(13)20-17(22)15(10)16(21)19-12-8-6-11(18)7-9-12/h2-9H,1H3,(H,19,21)(H,20,22). The zero-order chi connectivity index (χ0) is 15.7. The molecule has 1 heterocycles. The van der Waals surface area contributed by atoms with E-state index >= 15 is 0 Å². The minimum absolute atomic E-state index is 0.119. The van der Waals surface area contributed by atoms with Gasteiger partial charge < -0.3 is 10.3 Å². The fourth-order valence-corrected chi connectivity index (χ4v) is 2.54. The molecule has 3 rings (SSSR count). The Labute approximate surface area is 131 Å². The van der Waals surface area contributed by atoms with Gasteiger partial charge in [0.2, 0.25) is 0 Å². The summed E-state index contributed by atoms with van der Waals surface area (Å²) in [5.41, 5.74) is 1.68. The summed E-state index contributed by atoms with van der Waals surface area (Å²) >= 11 is 5.81. The van der Waals surface area contributed by atoms with Gasteiger partial charge in [0.15, 0.2) is 0 Å². The average Bonchev–Trinajstić information content (AvgIpc) is 2.49. The van der Waals surface area contributed by atoms with Crippen LogP contribution in [-0.2, 0) is 0 Å². The van der Waals surface area contributed by atoms with Crippen LogP contribution in [0.3, 0.4) is 0 Å². The van der Waals surface area contributed by atoms with E-state index in [1.54, 1.807) is 31.2 Å². The monoisotopic (exact) mass is 312 g/mol. The second-order valence-electron chi connectivity index (χ2n) is 4.96. The summed E-state index contributed by atoms with van der Waals surface area (Å²) in [6, 6.07) is 14.1. The molecule has 0 atom stereocenters. The first-order valence-electron chi connectivity index (χ1n) is 6.75. The average molecular weight is 313 g/mol. The van der Waals surface area contributed by atoms with Crippen LogP contribution < -0.4 is 10.9 Å². The van der Waals surface area contributed by atoms with Gasteiger partial charge in [-0.1, -0.05) is 29.8 Å². The SMILES string of the molecule is Cc1c(C(=O)Nc2ccc(Cl)cc2)c(=O)[nH]c2ccccc12. The highest BCUT2D eigenvalue weighted by Crippen LogP contribution is 2.19. The molecule has 0 aliphatic carbocycles. The Morgan fingerprint density at radius 3 is 2.50 bits per heavy atom. The molecule has 0 saturated carbocycles. The smallest absolute Gasteiger partial charge is 0.261 e. The Hall–Kier alpha value is -2.59. The topological polar surface area (TPSA) is 62.0 Å². The lowest BCUT2D eigenvalue weighted by atomic mass is 10.0. The zero-order valence-electron chi connectivity index (χ0n) is 11.8. The molecule has 0 saturated heterocycles. The number of halogens is 1. The molecule has 2 aromatic carbocycles. The van der Waals surface area contributed by atoms with Gasteiger partial charge in [-0.15, -0.1) is 0 Å². The lowest BCUT2D eigenvalue weighted by Gasteiger charge is -2.09. The van der Waals surface area contributed by atoms with E-state index in [4.69, 9.17) is 11.6 Å². The Bertz CT molecular complexity index is 914. The Morgan fingerprint density at radius 1 is 1.09 bits per heavy atom. The maximum Gasteiger partial charge on any atom is 0.261 e. The first kappa shape index (κ1) is 14.4. The number of benzene rings is 2. The second kappa shape index (κ2) is 5.66. The molecule has 1 amide bonds. The van der Waals surface area contributed by atoms with Crippen molar-refractivity contribution in [3.8, 4) is 0 Å². The fourth-order valence-electron chi connectivity index (χ4n) is 2.41. The molecule has 4 nitrogen and oxygen atoms in total. The number of carbonyl (C=O) groups excluding carboxylic acids is 1. The first-order valence-corrected chi connectivity index (χ1v) is 7.12. The van der Waals surface area contributed by atoms with Crippen LogP contribution in [0.25, 0.3) is 10.9 Å². The van der Waals surface area contributed by atoms with Crippen molar-refractivity contribution in [2.45, 2.75) is 6.92 Å². The van der Waals surface area contributed by atoms with Crippen LogP contribution in [-0.4, -0.2) is 10.9 Å². The molecular weight excluding hydrogens is 300 g/mol. The predicted molar refractivity (Wildman–Crippen MR) is 88.7 cm³/mol. The number of fused-ring (bicyclic) bond motifs is 1. The van der Waals surface area contributed by atoms with Crippen molar-refractivity contribution in [3.05, 3.63) is 75.0 Å². The third-order valence-corrected chi connectivity index (χ3v) is 3.76. The molecule has 1 aromatic heterocycles. The summed E-state index contributed by atoms with van der Waals surface area (Å²) in [4.78, 5) is 27.4. The molecule has 2 N–H and O–H groups in total. The number of carbonyl (C=O) groups is 1. The van der Waals surface area contributed by atoms with Gasteiger partial charge in [-0.05, 0) is 42.8 Å². The van der Waals surface area contributed by atoms with E-state index in [0.717, 1.165) is 5.39 Å². The van der Waals surface area contributed by atoms with Gasteiger partial charge in [0.05, 0.1) is 0 Å². The Morgan fingerprint density at radius 2 is 1.77 bits per heavy atom. The number of rotatable bonds is 2. The Kier molecular flexibility index (Phi) is 3.69. The molecule has 0 spiro atoms. The van der Waals surface area contributed by atoms with Crippen LogP contribution in [0.4, 0.5) is 5.69 Å². The lowest BCUT2D eigenvalue weighted by molar-refractivity contribution is 0.102. The second-order valence-corrected chi connectivity index (χ2v) is 5.40. The van der Waals surface area contributed by atoms with Crippen LogP contribution in [0.15, 0.2) is 53.3 Å². The highest BCUT2D eigenvalue weighted by Gasteiger charge is 2.16. The number of pyridine rings is 1. The first-order chi connectivity index (χ1) is 10.6. The van der Waals surface area contributed by atoms with Crippen molar-refractivity contribution in [1.29, 1.82) is 0 Å². The molecule has 0 radical (unpaired) electrons. The third-order valence-electron chi connectivity index (χ3n) is 3.51. The number of nitrogens with one attached hydrogen (secondary N) is 2. The van der Waals surface area contributed by atoms with Crippen molar-refractivity contribution in [3.63, 3.8) is 0 Å². The number of para-hydroxylation sites is 1.